The summed E-state index contributed by atoms with van der Waals surface area (Å²) in [7, 11) is 1.54. The van der Waals surface area contributed by atoms with Gasteiger partial charge in [-0.2, -0.15) is 0 Å². The average Bonchev–Trinajstić information content (AvgIpc) is 3.30. The molecule has 0 aliphatic carbocycles. The van der Waals surface area contributed by atoms with Crippen LogP contribution in [0.5, 0.6) is 17.2 Å². The van der Waals surface area contributed by atoms with E-state index in [4.69, 9.17) is 14.2 Å². The first-order chi connectivity index (χ1) is 17.5. The van der Waals surface area contributed by atoms with Crippen LogP contribution >= 0.6 is 0 Å². The van der Waals surface area contributed by atoms with Gasteiger partial charge >= 0.3 is 0 Å². The van der Waals surface area contributed by atoms with Crippen LogP contribution in [0.25, 0.3) is 0 Å². The zero-order valence-electron chi connectivity index (χ0n) is 19.7. The predicted octanol–water partition coefficient (Wildman–Crippen LogP) is 3.71. The van der Waals surface area contributed by atoms with Crippen LogP contribution in [-0.2, 0) is 9.59 Å². The summed E-state index contributed by atoms with van der Waals surface area (Å²) in [6, 6.07) is 19.0. The predicted molar refractivity (Wildman–Crippen MR) is 134 cm³/mol. The zero-order valence-corrected chi connectivity index (χ0v) is 19.7. The summed E-state index contributed by atoms with van der Waals surface area (Å²) >= 11 is 0. The van der Waals surface area contributed by atoms with Crippen LogP contribution in [-0.4, -0.2) is 44.6 Å². The Morgan fingerprint density at radius 2 is 1.69 bits per heavy atom. The summed E-state index contributed by atoms with van der Waals surface area (Å²) in [5.74, 6) is 0.615. The highest BCUT2D eigenvalue weighted by atomic mass is 16.6. The largest absolute Gasteiger partial charge is 0.495 e. The highest BCUT2D eigenvalue weighted by Crippen LogP contribution is 2.36. The molecule has 2 heterocycles. The highest BCUT2D eigenvalue weighted by molar-refractivity contribution is 6.06. The normalized spacial score (nSPS) is 16.4. The van der Waals surface area contributed by atoms with Gasteiger partial charge in [0.15, 0.2) is 11.5 Å². The Morgan fingerprint density at radius 1 is 0.944 bits per heavy atom. The van der Waals surface area contributed by atoms with E-state index in [1.807, 2.05) is 6.07 Å². The van der Waals surface area contributed by atoms with Gasteiger partial charge < -0.3 is 29.7 Å². The van der Waals surface area contributed by atoms with Gasteiger partial charge in [-0.15, -0.1) is 0 Å². The standard InChI is InChI=1S/C27H25N3O6/c1-34-22-5-3-2-4-21(22)29-26(32)17-6-8-19(9-7-17)28-27(33)18-14-25(31)30(16-18)20-10-11-23-24(15-20)36-13-12-35-23/h2-11,15,18H,12-14,16H2,1H3,(H,28,33)(H,29,32)/t18-/m0/s1. The van der Waals surface area contributed by atoms with E-state index < -0.39 is 5.92 Å². The van der Waals surface area contributed by atoms with Gasteiger partial charge in [0.05, 0.1) is 18.7 Å². The molecule has 3 aromatic carbocycles. The van der Waals surface area contributed by atoms with E-state index in [-0.39, 0.29) is 30.7 Å². The van der Waals surface area contributed by atoms with E-state index in [1.165, 1.54) is 7.11 Å². The molecule has 0 aromatic heterocycles. The Hall–Kier alpha value is -4.53. The molecule has 0 bridgehead atoms. The minimum absolute atomic E-state index is 0.111. The van der Waals surface area contributed by atoms with E-state index in [2.05, 4.69) is 10.6 Å². The summed E-state index contributed by atoms with van der Waals surface area (Å²) in [5.41, 5.74) is 2.21. The Kier molecular flexibility index (Phi) is 6.44. The SMILES string of the molecule is COc1ccccc1NC(=O)c1ccc(NC(=O)[C@H]2CC(=O)N(c3ccc4c(c3)OCCO4)C2)cc1. The van der Waals surface area contributed by atoms with Gasteiger partial charge in [-0.1, -0.05) is 12.1 Å². The number of ether oxygens (including phenoxy) is 3. The maximum atomic E-state index is 12.9. The van der Waals surface area contributed by atoms with Gasteiger partial charge in [0.1, 0.15) is 19.0 Å². The average molecular weight is 488 g/mol. The summed E-state index contributed by atoms with van der Waals surface area (Å²) in [4.78, 5) is 39.7. The van der Waals surface area contributed by atoms with Crippen LogP contribution in [0, 0.1) is 5.92 Å². The maximum absolute atomic E-state index is 12.9. The molecule has 3 aromatic rings. The monoisotopic (exact) mass is 487 g/mol. The summed E-state index contributed by atoms with van der Waals surface area (Å²) in [6.07, 6.45) is 0.111. The number of para-hydroxylation sites is 2. The molecule has 0 radical (unpaired) electrons. The lowest BCUT2D eigenvalue weighted by molar-refractivity contribution is -0.122. The van der Waals surface area contributed by atoms with E-state index in [9.17, 15) is 14.4 Å². The molecule has 2 aliphatic heterocycles. The molecule has 3 amide bonds. The van der Waals surface area contributed by atoms with Crippen LogP contribution in [0.2, 0.25) is 0 Å². The number of hydrogen-bond acceptors (Lipinski definition) is 6. The van der Waals surface area contributed by atoms with Crippen molar-refractivity contribution in [3.05, 3.63) is 72.3 Å². The second kappa shape index (κ2) is 9.99. The first kappa shape index (κ1) is 23.2. The van der Waals surface area contributed by atoms with E-state index >= 15 is 0 Å². The first-order valence-corrected chi connectivity index (χ1v) is 11.6. The third-order valence-electron chi connectivity index (χ3n) is 6.10. The van der Waals surface area contributed by atoms with Gasteiger partial charge in [-0.3, -0.25) is 14.4 Å². The number of amides is 3. The van der Waals surface area contributed by atoms with Crippen molar-refractivity contribution in [1.82, 2.24) is 0 Å². The first-order valence-electron chi connectivity index (χ1n) is 11.6. The zero-order chi connectivity index (χ0) is 25.1. The number of fused-ring (bicyclic) bond motifs is 1. The van der Waals surface area contributed by atoms with Crippen molar-refractivity contribution in [2.75, 3.05) is 42.4 Å². The molecule has 9 heteroatoms. The molecule has 0 spiro atoms. The van der Waals surface area contributed by atoms with Crippen LogP contribution in [0.4, 0.5) is 17.1 Å². The highest BCUT2D eigenvalue weighted by Gasteiger charge is 2.35. The summed E-state index contributed by atoms with van der Waals surface area (Å²) < 4.78 is 16.4. The quantitative estimate of drug-likeness (QED) is 0.549. The number of carbonyl (C=O) groups is 3. The number of methoxy groups -OCH3 is 1. The molecule has 184 valence electrons. The fourth-order valence-corrected chi connectivity index (χ4v) is 4.22. The van der Waals surface area contributed by atoms with Crippen molar-refractivity contribution in [2.45, 2.75) is 6.42 Å². The minimum atomic E-state index is -0.501. The lowest BCUT2D eigenvalue weighted by atomic mass is 10.1. The molecule has 5 rings (SSSR count). The van der Waals surface area contributed by atoms with Crippen LogP contribution < -0.4 is 29.7 Å². The topological polar surface area (TPSA) is 106 Å². The molecule has 9 nitrogen and oxygen atoms in total. The number of nitrogens with zero attached hydrogens (tertiary/aromatic N) is 1. The van der Waals surface area contributed by atoms with Gasteiger partial charge in [0.25, 0.3) is 5.91 Å². The van der Waals surface area contributed by atoms with Crippen molar-refractivity contribution in [3.63, 3.8) is 0 Å². The van der Waals surface area contributed by atoms with Crippen molar-refractivity contribution < 1.29 is 28.6 Å². The maximum Gasteiger partial charge on any atom is 0.255 e. The van der Waals surface area contributed by atoms with Gasteiger partial charge in [0, 0.05) is 36.0 Å². The number of benzene rings is 3. The van der Waals surface area contributed by atoms with E-state index in [0.29, 0.717) is 53.1 Å². The van der Waals surface area contributed by atoms with Crippen molar-refractivity contribution in [1.29, 1.82) is 0 Å². The molecule has 2 aliphatic rings. The molecule has 1 atom stereocenters. The third-order valence-corrected chi connectivity index (χ3v) is 6.10. The van der Waals surface area contributed by atoms with E-state index in [0.717, 1.165) is 0 Å². The summed E-state index contributed by atoms with van der Waals surface area (Å²) in [6.45, 7) is 1.21. The molecule has 36 heavy (non-hydrogen) atoms. The number of hydrogen-bond donors (Lipinski definition) is 2. The van der Waals surface area contributed by atoms with Crippen molar-refractivity contribution >= 4 is 34.8 Å². The van der Waals surface area contributed by atoms with Crippen molar-refractivity contribution in [3.8, 4) is 17.2 Å². The number of carbonyl (C=O) groups excluding carboxylic acids is 3. The molecular weight excluding hydrogens is 462 g/mol. The number of rotatable bonds is 6. The van der Waals surface area contributed by atoms with Crippen LogP contribution in [0.15, 0.2) is 66.7 Å². The smallest absolute Gasteiger partial charge is 0.255 e. The molecule has 0 saturated carbocycles. The number of nitrogens with one attached hydrogen (secondary N) is 2. The van der Waals surface area contributed by atoms with Crippen LogP contribution in [0.3, 0.4) is 0 Å². The summed E-state index contributed by atoms with van der Waals surface area (Å²) in [5, 5.41) is 5.66. The molecule has 1 fully saturated rings. The Morgan fingerprint density at radius 3 is 2.47 bits per heavy atom. The lowest BCUT2D eigenvalue weighted by Crippen LogP contribution is -2.28. The molecular formula is C27H25N3O6. The van der Waals surface area contributed by atoms with Gasteiger partial charge in [0.2, 0.25) is 11.8 Å². The number of anilines is 3. The lowest BCUT2D eigenvalue weighted by Gasteiger charge is -2.22. The molecule has 2 N–H and O–H groups in total. The molecule has 1 saturated heterocycles. The second-order valence-corrected chi connectivity index (χ2v) is 8.45. The Bertz CT molecular complexity index is 1310. The van der Waals surface area contributed by atoms with Crippen molar-refractivity contribution in [2.24, 2.45) is 5.92 Å². The van der Waals surface area contributed by atoms with Crippen LogP contribution in [0.1, 0.15) is 16.8 Å². The Balaban J connectivity index is 1.20. The Labute approximate surface area is 208 Å². The van der Waals surface area contributed by atoms with E-state index in [1.54, 1.807) is 65.6 Å². The third kappa shape index (κ3) is 4.81. The molecule has 0 unspecified atom stereocenters. The fourth-order valence-electron chi connectivity index (χ4n) is 4.22. The second-order valence-electron chi connectivity index (χ2n) is 8.45. The minimum Gasteiger partial charge on any atom is -0.495 e. The van der Waals surface area contributed by atoms with Gasteiger partial charge in [-0.05, 0) is 48.5 Å². The fraction of sp³-hybridized carbons (Fsp3) is 0.222. The van der Waals surface area contributed by atoms with Gasteiger partial charge in [-0.25, -0.2) is 0 Å².